The maximum atomic E-state index is 5.35. The number of nitrogens with one attached hydrogen (secondary N) is 1. The summed E-state index contributed by atoms with van der Waals surface area (Å²) >= 11 is 0. The van der Waals surface area contributed by atoms with Crippen molar-refractivity contribution in [2.45, 2.75) is 45.4 Å². The van der Waals surface area contributed by atoms with Crippen LogP contribution in [0.5, 0.6) is 0 Å². The number of nitrogens with two attached hydrogens (primary N) is 1. The fourth-order valence-corrected chi connectivity index (χ4v) is 2.31. The van der Waals surface area contributed by atoms with Gasteiger partial charge in [0, 0.05) is 18.2 Å². The SMILES string of the molecule is CC1(C)CCC(c2nccc(NN)n2)CC1. The molecule has 1 heterocycles. The first-order valence-corrected chi connectivity index (χ1v) is 5.90. The summed E-state index contributed by atoms with van der Waals surface area (Å²) in [6, 6.07) is 1.79. The van der Waals surface area contributed by atoms with Crippen LogP contribution < -0.4 is 11.3 Å². The van der Waals surface area contributed by atoms with Crippen molar-refractivity contribution in [1.82, 2.24) is 9.97 Å². The lowest BCUT2D eigenvalue weighted by Crippen LogP contribution is -2.21. The van der Waals surface area contributed by atoms with Crippen molar-refractivity contribution in [2.75, 3.05) is 5.43 Å². The second kappa shape index (κ2) is 4.37. The number of nitrogens with zero attached hydrogens (tertiary/aromatic N) is 2. The first-order valence-electron chi connectivity index (χ1n) is 5.90. The Morgan fingerprint density at radius 2 is 2.06 bits per heavy atom. The maximum Gasteiger partial charge on any atom is 0.143 e. The van der Waals surface area contributed by atoms with Gasteiger partial charge in [-0.25, -0.2) is 15.8 Å². The summed E-state index contributed by atoms with van der Waals surface area (Å²) < 4.78 is 0. The first kappa shape index (κ1) is 11.3. The Labute approximate surface area is 96.6 Å². The molecule has 0 aromatic carbocycles. The van der Waals surface area contributed by atoms with Crippen molar-refractivity contribution in [2.24, 2.45) is 11.3 Å². The predicted molar refractivity (Wildman–Crippen MR) is 64.8 cm³/mol. The number of aromatic nitrogens is 2. The van der Waals surface area contributed by atoms with Crippen LogP contribution in [-0.4, -0.2) is 9.97 Å². The molecule has 0 unspecified atom stereocenters. The first-order chi connectivity index (χ1) is 7.61. The highest BCUT2D eigenvalue weighted by atomic mass is 15.3. The Hall–Kier alpha value is -1.16. The Kier molecular flexibility index (Phi) is 3.10. The summed E-state index contributed by atoms with van der Waals surface area (Å²) in [4.78, 5) is 8.77. The molecule has 2 rings (SSSR count). The van der Waals surface area contributed by atoms with Crippen molar-refractivity contribution in [3.8, 4) is 0 Å². The van der Waals surface area contributed by atoms with Crippen LogP contribution in [0.15, 0.2) is 12.3 Å². The quantitative estimate of drug-likeness (QED) is 0.593. The van der Waals surface area contributed by atoms with Crippen LogP contribution in [0.25, 0.3) is 0 Å². The van der Waals surface area contributed by atoms with Gasteiger partial charge in [-0.3, -0.25) is 0 Å². The van der Waals surface area contributed by atoms with E-state index in [1.165, 1.54) is 25.7 Å². The molecule has 4 nitrogen and oxygen atoms in total. The zero-order valence-electron chi connectivity index (χ0n) is 10.0. The molecule has 16 heavy (non-hydrogen) atoms. The fourth-order valence-electron chi connectivity index (χ4n) is 2.31. The third kappa shape index (κ3) is 2.50. The largest absolute Gasteiger partial charge is 0.308 e. The molecule has 0 amide bonds. The molecule has 0 saturated heterocycles. The zero-order valence-corrected chi connectivity index (χ0v) is 10.0. The van der Waals surface area contributed by atoms with Gasteiger partial charge in [0.05, 0.1) is 0 Å². The van der Waals surface area contributed by atoms with Gasteiger partial charge >= 0.3 is 0 Å². The molecule has 1 aliphatic carbocycles. The highest BCUT2D eigenvalue weighted by Gasteiger charge is 2.28. The van der Waals surface area contributed by atoms with Crippen LogP contribution in [-0.2, 0) is 0 Å². The van der Waals surface area contributed by atoms with E-state index in [0.29, 0.717) is 17.2 Å². The van der Waals surface area contributed by atoms with Crippen LogP contribution in [0.1, 0.15) is 51.3 Å². The van der Waals surface area contributed by atoms with E-state index in [2.05, 4.69) is 29.2 Å². The third-order valence-electron chi connectivity index (χ3n) is 3.53. The number of nitrogen functional groups attached to an aromatic ring is 1. The maximum absolute atomic E-state index is 5.35. The normalized spacial score (nSPS) is 20.7. The average molecular weight is 220 g/mol. The summed E-state index contributed by atoms with van der Waals surface area (Å²) in [6.45, 7) is 4.67. The molecule has 4 heteroatoms. The van der Waals surface area contributed by atoms with Gasteiger partial charge in [-0.1, -0.05) is 13.8 Å². The summed E-state index contributed by atoms with van der Waals surface area (Å²) in [7, 11) is 0. The van der Waals surface area contributed by atoms with Gasteiger partial charge < -0.3 is 5.43 Å². The van der Waals surface area contributed by atoms with Crippen molar-refractivity contribution in [3.05, 3.63) is 18.1 Å². The van der Waals surface area contributed by atoms with Gasteiger partial charge in [0.1, 0.15) is 11.6 Å². The van der Waals surface area contributed by atoms with Crippen LogP contribution in [0.2, 0.25) is 0 Å². The van der Waals surface area contributed by atoms with Crippen molar-refractivity contribution >= 4 is 5.82 Å². The highest BCUT2D eigenvalue weighted by Crippen LogP contribution is 2.41. The molecule has 1 aliphatic rings. The monoisotopic (exact) mass is 220 g/mol. The molecule has 0 aliphatic heterocycles. The van der Waals surface area contributed by atoms with Crippen molar-refractivity contribution in [1.29, 1.82) is 0 Å². The van der Waals surface area contributed by atoms with Gasteiger partial charge in [0.2, 0.25) is 0 Å². The fraction of sp³-hybridized carbons (Fsp3) is 0.667. The highest BCUT2D eigenvalue weighted by molar-refractivity contribution is 5.31. The lowest BCUT2D eigenvalue weighted by atomic mass is 9.73. The summed E-state index contributed by atoms with van der Waals surface area (Å²) in [5.74, 6) is 7.49. The minimum atomic E-state index is 0.486. The molecule has 3 N–H and O–H groups in total. The lowest BCUT2D eigenvalue weighted by Gasteiger charge is -2.33. The van der Waals surface area contributed by atoms with Gasteiger partial charge in [0.15, 0.2) is 0 Å². The van der Waals surface area contributed by atoms with Crippen molar-refractivity contribution in [3.63, 3.8) is 0 Å². The molecule has 0 radical (unpaired) electrons. The Morgan fingerprint density at radius 1 is 1.38 bits per heavy atom. The van der Waals surface area contributed by atoms with Crippen LogP contribution in [0.4, 0.5) is 5.82 Å². The summed E-state index contributed by atoms with van der Waals surface area (Å²) in [5, 5.41) is 0. The number of hydrogen-bond acceptors (Lipinski definition) is 4. The van der Waals surface area contributed by atoms with Crippen LogP contribution in [0, 0.1) is 5.41 Å². The van der Waals surface area contributed by atoms with Crippen LogP contribution in [0.3, 0.4) is 0 Å². The number of anilines is 1. The molecule has 0 atom stereocenters. The van der Waals surface area contributed by atoms with Gasteiger partial charge in [-0.15, -0.1) is 0 Å². The molecular formula is C12H20N4. The summed E-state index contributed by atoms with van der Waals surface area (Å²) in [6.07, 6.45) is 6.64. The standard InChI is InChI=1S/C12H20N4/c1-12(2)6-3-9(4-7-12)11-14-8-5-10(15-11)16-13/h5,8-9H,3-4,6-7,13H2,1-2H3,(H,14,15,16). The molecule has 0 bridgehead atoms. The van der Waals surface area contributed by atoms with E-state index in [9.17, 15) is 0 Å². The topological polar surface area (TPSA) is 63.8 Å². The van der Waals surface area contributed by atoms with Gasteiger partial charge in [-0.05, 0) is 31.1 Å². The van der Waals surface area contributed by atoms with E-state index in [1.54, 1.807) is 12.3 Å². The molecular weight excluding hydrogens is 200 g/mol. The number of rotatable bonds is 2. The van der Waals surface area contributed by atoms with E-state index in [-0.39, 0.29) is 0 Å². The zero-order chi connectivity index (χ0) is 11.6. The number of hydrazine groups is 1. The smallest absolute Gasteiger partial charge is 0.143 e. The van der Waals surface area contributed by atoms with Crippen molar-refractivity contribution < 1.29 is 0 Å². The number of hydrogen-bond donors (Lipinski definition) is 2. The van der Waals surface area contributed by atoms with Gasteiger partial charge in [0.25, 0.3) is 0 Å². The predicted octanol–water partition coefficient (Wildman–Crippen LogP) is 2.45. The molecule has 1 fully saturated rings. The minimum absolute atomic E-state index is 0.486. The Morgan fingerprint density at radius 3 is 2.69 bits per heavy atom. The lowest BCUT2D eigenvalue weighted by molar-refractivity contribution is 0.221. The molecule has 1 aromatic heterocycles. The molecule has 1 aromatic rings. The third-order valence-corrected chi connectivity index (χ3v) is 3.53. The van der Waals surface area contributed by atoms with E-state index in [1.807, 2.05) is 0 Å². The van der Waals surface area contributed by atoms with E-state index in [4.69, 9.17) is 5.84 Å². The van der Waals surface area contributed by atoms with E-state index >= 15 is 0 Å². The Bertz CT molecular complexity index is 352. The van der Waals surface area contributed by atoms with Crippen LogP contribution >= 0.6 is 0 Å². The van der Waals surface area contributed by atoms with E-state index < -0.39 is 0 Å². The summed E-state index contributed by atoms with van der Waals surface area (Å²) in [5.41, 5.74) is 3.06. The second-order valence-electron chi connectivity index (χ2n) is 5.38. The molecule has 1 saturated carbocycles. The van der Waals surface area contributed by atoms with Gasteiger partial charge in [-0.2, -0.15) is 0 Å². The second-order valence-corrected chi connectivity index (χ2v) is 5.38. The van der Waals surface area contributed by atoms with E-state index in [0.717, 1.165) is 5.82 Å². The molecule has 0 spiro atoms. The molecule has 88 valence electrons. The minimum Gasteiger partial charge on any atom is -0.308 e. The Balaban J connectivity index is 2.08. The average Bonchev–Trinajstić information content (AvgIpc) is 2.29.